The zero-order valence-corrected chi connectivity index (χ0v) is 13.3. The van der Waals surface area contributed by atoms with E-state index in [4.69, 9.17) is 21.1 Å². The van der Waals surface area contributed by atoms with E-state index in [9.17, 15) is 14.7 Å². The van der Waals surface area contributed by atoms with Crippen LogP contribution >= 0.6 is 11.6 Å². The number of esters is 1. The summed E-state index contributed by atoms with van der Waals surface area (Å²) in [7, 11) is 1.53. The summed E-state index contributed by atoms with van der Waals surface area (Å²) in [5.41, 5.74) is 0.299. The van der Waals surface area contributed by atoms with Crippen molar-refractivity contribution in [3.8, 4) is 11.5 Å². The second kappa shape index (κ2) is 7.15. The molecule has 0 spiro atoms. The number of hydrogen-bond acceptors (Lipinski definition) is 5. The van der Waals surface area contributed by atoms with Crippen LogP contribution in [0.4, 0.5) is 0 Å². The predicted molar refractivity (Wildman–Crippen MR) is 85.3 cm³/mol. The molecule has 5 nitrogen and oxygen atoms in total. The minimum Gasteiger partial charge on any atom is -0.507 e. The van der Waals surface area contributed by atoms with Gasteiger partial charge < -0.3 is 14.6 Å². The molecule has 0 aliphatic carbocycles. The van der Waals surface area contributed by atoms with Crippen LogP contribution in [0.2, 0.25) is 5.02 Å². The summed E-state index contributed by atoms with van der Waals surface area (Å²) in [5, 5.41) is 9.95. The van der Waals surface area contributed by atoms with Gasteiger partial charge in [0.2, 0.25) is 5.78 Å². The van der Waals surface area contributed by atoms with Crippen LogP contribution in [-0.4, -0.2) is 30.1 Å². The molecule has 0 saturated carbocycles. The highest BCUT2D eigenvalue weighted by molar-refractivity contribution is 6.31. The van der Waals surface area contributed by atoms with Gasteiger partial charge in [-0.2, -0.15) is 0 Å². The van der Waals surface area contributed by atoms with Gasteiger partial charge in [-0.05, 0) is 49.4 Å². The van der Waals surface area contributed by atoms with Crippen molar-refractivity contribution in [2.45, 2.75) is 13.0 Å². The average Bonchev–Trinajstić information content (AvgIpc) is 2.56. The second-order valence-corrected chi connectivity index (χ2v) is 5.24. The molecule has 2 aromatic rings. The Morgan fingerprint density at radius 1 is 1.13 bits per heavy atom. The maximum Gasteiger partial charge on any atom is 0.342 e. The van der Waals surface area contributed by atoms with E-state index >= 15 is 0 Å². The molecule has 1 atom stereocenters. The molecule has 2 rings (SSSR count). The number of methoxy groups -OCH3 is 1. The van der Waals surface area contributed by atoms with Crippen molar-refractivity contribution in [3.63, 3.8) is 0 Å². The van der Waals surface area contributed by atoms with Crippen LogP contribution in [0.3, 0.4) is 0 Å². The van der Waals surface area contributed by atoms with Crippen molar-refractivity contribution in [2.75, 3.05) is 7.11 Å². The number of aromatic hydroxyl groups is 1. The molecule has 0 aliphatic rings. The monoisotopic (exact) mass is 334 g/mol. The lowest BCUT2D eigenvalue weighted by molar-refractivity contribution is 0.0316. The van der Waals surface area contributed by atoms with Crippen LogP contribution in [0.1, 0.15) is 27.6 Å². The van der Waals surface area contributed by atoms with Crippen LogP contribution in [0, 0.1) is 0 Å². The van der Waals surface area contributed by atoms with Crippen LogP contribution < -0.4 is 4.74 Å². The topological polar surface area (TPSA) is 72.8 Å². The minimum atomic E-state index is -1.01. The van der Waals surface area contributed by atoms with Gasteiger partial charge in [-0.1, -0.05) is 11.6 Å². The zero-order chi connectivity index (χ0) is 17.0. The van der Waals surface area contributed by atoms with Gasteiger partial charge in [-0.25, -0.2) is 4.79 Å². The quantitative estimate of drug-likeness (QED) is 0.669. The molecule has 0 amide bonds. The average molecular weight is 335 g/mol. The Morgan fingerprint density at radius 3 is 2.39 bits per heavy atom. The number of phenols is 1. The highest BCUT2D eigenvalue weighted by Crippen LogP contribution is 2.23. The summed E-state index contributed by atoms with van der Waals surface area (Å²) in [4.78, 5) is 24.3. The van der Waals surface area contributed by atoms with Gasteiger partial charge in [-0.15, -0.1) is 0 Å². The molecule has 0 radical (unpaired) electrons. The van der Waals surface area contributed by atoms with E-state index in [1.54, 1.807) is 24.3 Å². The summed E-state index contributed by atoms with van der Waals surface area (Å²) in [6.45, 7) is 1.46. The first-order valence-corrected chi connectivity index (χ1v) is 7.18. The van der Waals surface area contributed by atoms with Gasteiger partial charge in [0.15, 0.2) is 6.10 Å². The lowest BCUT2D eigenvalue weighted by Crippen LogP contribution is -2.24. The highest BCUT2D eigenvalue weighted by Gasteiger charge is 2.22. The second-order valence-electron chi connectivity index (χ2n) is 4.80. The maximum absolute atomic E-state index is 12.3. The smallest absolute Gasteiger partial charge is 0.342 e. The summed E-state index contributed by atoms with van der Waals surface area (Å²) in [5.74, 6) is -0.819. The summed E-state index contributed by atoms with van der Waals surface area (Å²) >= 11 is 5.79. The number of ether oxygens (including phenoxy) is 2. The fourth-order valence-electron chi connectivity index (χ4n) is 1.94. The van der Waals surface area contributed by atoms with Crippen molar-refractivity contribution in [3.05, 3.63) is 58.6 Å². The number of ketones is 1. The van der Waals surface area contributed by atoms with E-state index in [2.05, 4.69) is 0 Å². The largest absolute Gasteiger partial charge is 0.507 e. The van der Waals surface area contributed by atoms with Gasteiger partial charge >= 0.3 is 5.97 Å². The molecule has 23 heavy (non-hydrogen) atoms. The maximum atomic E-state index is 12.3. The Kier molecular flexibility index (Phi) is 5.24. The first-order valence-electron chi connectivity index (χ1n) is 6.80. The van der Waals surface area contributed by atoms with Crippen LogP contribution in [0.5, 0.6) is 11.5 Å². The normalized spacial score (nSPS) is 11.6. The molecule has 2 aromatic carbocycles. The zero-order valence-electron chi connectivity index (χ0n) is 12.6. The summed E-state index contributed by atoms with van der Waals surface area (Å²) < 4.78 is 10.1. The van der Waals surface area contributed by atoms with Gasteiger partial charge in [0.25, 0.3) is 0 Å². The van der Waals surface area contributed by atoms with Crippen molar-refractivity contribution >= 4 is 23.4 Å². The third kappa shape index (κ3) is 4.02. The highest BCUT2D eigenvalue weighted by atomic mass is 35.5. The van der Waals surface area contributed by atoms with Crippen molar-refractivity contribution in [1.82, 2.24) is 0 Å². The Hall–Kier alpha value is -2.53. The number of carbonyl (C=O) groups is 2. The van der Waals surface area contributed by atoms with Gasteiger partial charge in [0.05, 0.1) is 7.11 Å². The molecule has 0 unspecified atom stereocenters. The Labute approximate surface area is 138 Å². The standard InChI is InChI=1S/C17H15ClO5/c1-10(16(20)11-3-6-13(22-2)7-4-11)23-17(21)14-9-12(18)5-8-15(14)19/h3-10,19H,1-2H3/t10-/m0/s1. The number of rotatable bonds is 5. The lowest BCUT2D eigenvalue weighted by atomic mass is 10.1. The number of hydrogen-bond donors (Lipinski definition) is 1. The molecule has 0 fully saturated rings. The molecular weight excluding hydrogens is 320 g/mol. The van der Waals surface area contributed by atoms with E-state index in [1.807, 2.05) is 0 Å². The predicted octanol–water partition coefficient (Wildman–Crippen LogP) is 3.48. The van der Waals surface area contributed by atoms with E-state index in [0.29, 0.717) is 11.3 Å². The third-order valence-corrected chi connectivity index (χ3v) is 3.44. The Morgan fingerprint density at radius 2 is 1.78 bits per heavy atom. The number of carbonyl (C=O) groups excluding carboxylic acids is 2. The van der Waals surface area contributed by atoms with Crippen LogP contribution in [0.15, 0.2) is 42.5 Å². The number of halogens is 1. The summed E-state index contributed by atoms with van der Waals surface area (Å²) in [6.07, 6.45) is -1.01. The minimum absolute atomic E-state index is 0.0909. The summed E-state index contributed by atoms with van der Waals surface area (Å²) in [6, 6.07) is 10.5. The Bertz CT molecular complexity index is 724. The molecule has 0 saturated heterocycles. The number of phenolic OH excluding ortho intramolecular Hbond substituents is 1. The SMILES string of the molecule is COc1ccc(C(=O)[C@H](C)OC(=O)c2cc(Cl)ccc2O)cc1. The first-order chi connectivity index (χ1) is 10.9. The fraction of sp³-hybridized carbons (Fsp3) is 0.176. The third-order valence-electron chi connectivity index (χ3n) is 3.21. The molecule has 6 heteroatoms. The van der Waals surface area contributed by atoms with Crippen molar-refractivity contribution in [1.29, 1.82) is 0 Å². The first kappa shape index (κ1) is 16.8. The number of benzene rings is 2. The Balaban J connectivity index is 2.10. The fourth-order valence-corrected chi connectivity index (χ4v) is 2.11. The molecular formula is C17H15ClO5. The van der Waals surface area contributed by atoms with E-state index in [1.165, 1.54) is 32.2 Å². The molecule has 0 aromatic heterocycles. The molecule has 1 N–H and O–H groups in total. The molecule has 0 heterocycles. The van der Waals surface area contributed by atoms with Gasteiger partial charge in [0, 0.05) is 10.6 Å². The molecule has 120 valence electrons. The van der Waals surface area contributed by atoms with Gasteiger partial charge in [0.1, 0.15) is 17.1 Å². The lowest BCUT2D eigenvalue weighted by Gasteiger charge is -2.13. The van der Waals surface area contributed by atoms with E-state index in [-0.39, 0.29) is 22.1 Å². The van der Waals surface area contributed by atoms with E-state index < -0.39 is 12.1 Å². The van der Waals surface area contributed by atoms with Crippen molar-refractivity contribution in [2.24, 2.45) is 0 Å². The van der Waals surface area contributed by atoms with Crippen molar-refractivity contribution < 1.29 is 24.2 Å². The number of Topliss-reactive ketones (excluding diaryl/α,β-unsaturated/α-hetero) is 1. The van der Waals surface area contributed by atoms with Crippen LogP contribution in [-0.2, 0) is 4.74 Å². The van der Waals surface area contributed by atoms with Gasteiger partial charge in [-0.3, -0.25) is 4.79 Å². The van der Waals surface area contributed by atoms with E-state index in [0.717, 1.165) is 0 Å². The molecule has 0 aliphatic heterocycles. The molecule has 0 bridgehead atoms. The van der Waals surface area contributed by atoms with Crippen LogP contribution in [0.25, 0.3) is 0 Å².